The van der Waals surface area contributed by atoms with Crippen LogP contribution in [0.4, 0.5) is 0 Å². The largest absolute Gasteiger partial charge is 0.393 e. The van der Waals surface area contributed by atoms with Crippen molar-refractivity contribution in [3.8, 4) is 0 Å². The van der Waals surface area contributed by atoms with Crippen molar-refractivity contribution < 1.29 is 46.1 Å². The first-order valence-electron chi connectivity index (χ1n) is 15.0. The summed E-state index contributed by atoms with van der Waals surface area (Å²) in [5.41, 5.74) is 2.20. The molecule has 0 aliphatic carbocycles. The van der Waals surface area contributed by atoms with Gasteiger partial charge in [0.05, 0.1) is 78.1 Å². The van der Waals surface area contributed by atoms with Gasteiger partial charge in [-0.1, -0.05) is 32.7 Å². The first-order chi connectivity index (χ1) is 18.7. The molecule has 0 amide bonds. The predicted octanol–water partition coefficient (Wildman–Crippen LogP) is 3.42. The highest BCUT2D eigenvalue weighted by atomic mass is 28.4. The number of epoxide rings is 6. The minimum absolute atomic E-state index is 0.280. The Hall–Kier alpha value is 0.468. The average Bonchev–Trinajstić information content (AvgIpc) is 3.74. The van der Waals surface area contributed by atoms with Crippen LogP contribution in [0.5, 0.6) is 0 Å². The van der Waals surface area contributed by atoms with E-state index in [4.69, 9.17) is 46.1 Å². The second kappa shape index (κ2) is 15.0. The summed E-state index contributed by atoms with van der Waals surface area (Å²) >= 11 is 0. The maximum atomic E-state index is 5.67. The van der Waals surface area contributed by atoms with Crippen LogP contribution in [0.2, 0.25) is 52.4 Å². The smallest absolute Gasteiger partial charge is 0.367 e. The fourth-order valence-corrected chi connectivity index (χ4v) is 10.8. The Bertz CT molecular complexity index is 706. The molecule has 0 radical (unpaired) electrons. The van der Waals surface area contributed by atoms with Crippen molar-refractivity contribution in [3.63, 3.8) is 0 Å². The lowest BCUT2D eigenvalue weighted by Crippen LogP contribution is -2.45. The SMILES string of the molecule is CCO[Si](C)(OCC)C1CO1.C[Si](C)(C)C1CO1.C[Si](C)(C1CO1)C1CO1.C[Si](C)(OCC1CO1)OCC1CO1. The van der Waals surface area contributed by atoms with E-state index in [0.717, 1.165) is 52.9 Å². The monoisotopic (exact) mass is 640 g/mol. The summed E-state index contributed by atoms with van der Waals surface area (Å²) in [4.78, 5) is 0. The second-order valence-electron chi connectivity index (χ2n) is 13.3. The first kappa shape index (κ1) is 35.0. The number of ether oxygens (including phenoxy) is 6. The summed E-state index contributed by atoms with van der Waals surface area (Å²) in [7, 11) is -5.77. The highest BCUT2D eigenvalue weighted by molar-refractivity contribution is 6.81. The molecule has 0 spiro atoms. The molecule has 0 aromatic rings. The van der Waals surface area contributed by atoms with Gasteiger partial charge in [0.1, 0.15) is 26.0 Å². The summed E-state index contributed by atoms with van der Waals surface area (Å²) in [6.07, 6.45) is 0.653. The molecule has 14 heteroatoms. The van der Waals surface area contributed by atoms with Gasteiger partial charge in [-0.25, -0.2) is 0 Å². The molecular formula is C26H56O10Si4. The van der Waals surface area contributed by atoms with E-state index in [1.165, 1.54) is 0 Å². The molecule has 0 N–H and O–H groups in total. The fourth-order valence-electron chi connectivity index (χ4n) is 3.82. The van der Waals surface area contributed by atoms with E-state index in [0.29, 0.717) is 42.6 Å². The molecule has 6 atom stereocenters. The van der Waals surface area contributed by atoms with Crippen LogP contribution in [0.3, 0.4) is 0 Å². The Morgan fingerprint density at radius 2 is 0.850 bits per heavy atom. The highest BCUT2D eigenvalue weighted by Gasteiger charge is 2.52. The zero-order valence-corrected chi connectivity index (χ0v) is 30.6. The molecule has 6 aliphatic rings. The van der Waals surface area contributed by atoms with Crippen LogP contribution >= 0.6 is 0 Å². The van der Waals surface area contributed by atoms with E-state index in [1.54, 1.807) is 0 Å². The van der Waals surface area contributed by atoms with E-state index in [-0.39, 0.29) is 5.73 Å². The lowest BCUT2D eigenvalue weighted by Gasteiger charge is -2.23. The van der Waals surface area contributed by atoms with Gasteiger partial charge in [-0.3, -0.25) is 0 Å². The van der Waals surface area contributed by atoms with Crippen molar-refractivity contribution in [2.45, 2.75) is 101 Å². The molecule has 0 aromatic carbocycles. The molecule has 6 heterocycles. The van der Waals surface area contributed by atoms with Gasteiger partial charge in [0.2, 0.25) is 0 Å². The molecule has 236 valence electrons. The van der Waals surface area contributed by atoms with E-state index >= 15 is 0 Å². The molecule has 6 fully saturated rings. The van der Waals surface area contributed by atoms with E-state index < -0.39 is 33.3 Å². The minimum Gasteiger partial charge on any atom is -0.393 e. The zero-order valence-electron chi connectivity index (χ0n) is 26.6. The molecule has 0 aromatic heterocycles. The van der Waals surface area contributed by atoms with E-state index in [9.17, 15) is 0 Å². The van der Waals surface area contributed by atoms with Gasteiger partial charge in [-0.2, -0.15) is 0 Å². The predicted molar refractivity (Wildman–Crippen MR) is 164 cm³/mol. The lowest BCUT2D eigenvalue weighted by atomic mass is 10.5. The summed E-state index contributed by atoms with van der Waals surface area (Å²) in [6.45, 7) is 30.2. The molecule has 40 heavy (non-hydrogen) atoms. The van der Waals surface area contributed by atoms with Crippen molar-refractivity contribution in [1.82, 2.24) is 0 Å². The standard InChI is InChI=1S/C8H16O4Si.C7H16O3Si.C6H12O2Si.C5H12OSi/c1-13(2,11-5-7-3-9-7)12-6-8-4-10-8;1-4-9-11(3,10-5-2)7-6-8-7;1-9(2,5-3-7-5)6-4-8-6;1-7(2,3)5-4-6-5/h7-8H,3-6H2,1-2H3;7H,4-6H2,1-3H3;5-6H,3-4H2,1-2H3;5H,4H2,1-3H3. The quantitative estimate of drug-likeness (QED) is 0.207. The molecule has 6 unspecified atom stereocenters. The van der Waals surface area contributed by atoms with Crippen molar-refractivity contribution in [2.75, 3.05) is 66.1 Å². The van der Waals surface area contributed by atoms with Crippen molar-refractivity contribution in [3.05, 3.63) is 0 Å². The third-order valence-corrected chi connectivity index (χ3v) is 18.6. The number of hydrogen-bond acceptors (Lipinski definition) is 10. The topological polar surface area (TPSA) is 112 Å². The van der Waals surface area contributed by atoms with E-state index in [2.05, 4.69) is 52.4 Å². The van der Waals surface area contributed by atoms with Crippen molar-refractivity contribution in [2.24, 2.45) is 0 Å². The maximum Gasteiger partial charge on any atom is 0.367 e. The van der Waals surface area contributed by atoms with Crippen LogP contribution in [0, 0.1) is 0 Å². The third-order valence-electron chi connectivity index (χ3n) is 7.44. The highest BCUT2D eigenvalue weighted by Crippen LogP contribution is 2.32. The van der Waals surface area contributed by atoms with Gasteiger partial charge in [0, 0.05) is 13.2 Å². The molecule has 10 nitrogen and oxygen atoms in total. The summed E-state index contributed by atoms with van der Waals surface area (Å²) < 4.78 is 53.5. The normalized spacial score (nSPS) is 31.4. The van der Waals surface area contributed by atoms with Crippen LogP contribution < -0.4 is 0 Å². The third kappa shape index (κ3) is 13.8. The van der Waals surface area contributed by atoms with Crippen LogP contribution in [-0.4, -0.2) is 134 Å². The van der Waals surface area contributed by atoms with Crippen molar-refractivity contribution >= 4 is 33.3 Å². The average molecular weight is 641 g/mol. The Labute approximate surface area is 246 Å². The van der Waals surface area contributed by atoms with Gasteiger partial charge >= 0.3 is 17.1 Å². The molecule has 6 aliphatic heterocycles. The minimum atomic E-state index is -1.94. The van der Waals surface area contributed by atoms with Gasteiger partial charge in [0.25, 0.3) is 0 Å². The first-order valence-corrected chi connectivity index (χ1v) is 26.9. The Balaban J connectivity index is 0.000000150. The van der Waals surface area contributed by atoms with Gasteiger partial charge < -0.3 is 46.1 Å². The zero-order chi connectivity index (χ0) is 29.6. The fraction of sp³-hybridized carbons (Fsp3) is 1.00. The summed E-state index contributed by atoms with van der Waals surface area (Å²) in [5.74, 6) is 0. The second-order valence-corrected chi connectivity index (χ2v) is 30.2. The van der Waals surface area contributed by atoms with Crippen LogP contribution in [0.1, 0.15) is 13.8 Å². The summed E-state index contributed by atoms with van der Waals surface area (Å²) in [6, 6.07) is 0. The molecular weight excluding hydrogens is 585 g/mol. The lowest BCUT2D eigenvalue weighted by molar-refractivity contribution is 0.153. The number of rotatable bonds is 14. The van der Waals surface area contributed by atoms with E-state index in [1.807, 2.05) is 13.8 Å². The summed E-state index contributed by atoms with van der Waals surface area (Å²) in [5, 5.41) is 0. The van der Waals surface area contributed by atoms with Gasteiger partial charge in [-0.15, -0.1) is 0 Å². The van der Waals surface area contributed by atoms with Crippen molar-refractivity contribution in [1.29, 1.82) is 0 Å². The molecule has 0 bridgehead atoms. The van der Waals surface area contributed by atoms with Gasteiger partial charge in [-0.05, 0) is 33.5 Å². The Morgan fingerprint density at radius 1 is 0.500 bits per heavy atom. The number of hydrogen-bond donors (Lipinski definition) is 0. The van der Waals surface area contributed by atoms with Crippen LogP contribution in [0.15, 0.2) is 0 Å². The molecule has 6 saturated heterocycles. The Kier molecular flexibility index (Phi) is 13.1. The maximum absolute atomic E-state index is 5.67. The molecule has 0 saturated carbocycles. The van der Waals surface area contributed by atoms with Crippen LogP contribution in [0.25, 0.3) is 0 Å². The molecule has 6 rings (SSSR count). The Morgan fingerprint density at radius 3 is 1.07 bits per heavy atom. The van der Waals surface area contributed by atoms with Gasteiger partial charge in [0.15, 0.2) is 0 Å². The van der Waals surface area contributed by atoms with Crippen LogP contribution in [-0.2, 0) is 46.1 Å².